The number of hydrogen-bond donors (Lipinski definition) is 2. The maximum atomic E-state index is 5.82. The number of nitrogens with zero attached hydrogens (tertiary/aromatic N) is 2. The van der Waals surface area contributed by atoms with E-state index in [2.05, 4.69) is 22.1 Å². The van der Waals surface area contributed by atoms with Crippen LogP contribution >= 0.6 is 0 Å². The highest BCUT2D eigenvalue weighted by atomic mass is 16.4. The fourth-order valence-electron chi connectivity index (χ4n) is 1.46. The maximum Gasteiger partial charge on any atom is 0.295 e. The average Bonchev–Trinajstić information content (AvgIpc) is 2.70. The second-order valence-electron chi connectivity index (χ2n) is 4.41. The van der Waals surface area contributed by atoms with E-state index in [9.17, 15) is 0 Å². The van der Waals surface area contributed by atoms with E-state index in [1.807, 2.05) is 32.3 Å². The number of anilines is 2. The Kier molecular flexibility index (Phi) is 3.19. The number of benzene rings is 1. The molecule has 0 aliphatic heterocycles. The molecule has 0 saturated heterocycles. The Labute approximate surface area is 101 Å². The smallest absolute Gasteiger partial charge is 0.295 e. The number of nitrogens with one attached hydrogen (secondary N) is 1. The van der Waals surface area contributed by atoms with Crippen LogP contribution in [0.1, 0.15) is 6.92 Å². The van der Waals surface area contributed by atoms with Gasteiger partial charge in [-0.15, -0.1) is 0 Å². The van der Waals surface area contributed by atoms with Gasteiger partial charge in [-0.2, -0.15) is 4.98 Å². The summed E-state index contributed by atoms with van der Waals surface area (Å²) in [5, 5.41) is 3.17. The van der Waals surface area contributed by atoms with Crippen LogP contribution in [-0.2, 0) is 0 Å². The summed E-state index contributed by atoms with van der Waals surface area (Å²) in [5.41, 5.74) is 7.88. The summed E-state index contributed by atoms with van der Waals surface area (Å²) in [6.45, 7) is 2.91. The highest BCUT2D eigenvalue weighted by Gasteiger charge is 2.09. The fourth-order valence-corrected chi connectivity index (χ4v) is 1.46. The molecular formula is C12H18N4O. The van der Waals surface area contributed by atoms with Crippen LogP contribution in [0, 0.1) is 0 Å². The van der Waals surface area contributed by atoms with E-state index < -0.39 is 0 Å². The monoisotopic (exact) mass is 234 g/mol. The molecule has 0 fully saturated rings. The van der Waals surface area contributed by atoms with Gasteiger partial charge in [-0.3, -0.25) is 0 Å². The quantitative estimate of drug-likeness (QED) is 0.789. The number of hydrogen-bond acceptors (Lipinski definition) is 5. The molecule has 0 radical (unpaired) electrons. The number of para-hydroxylation sites is 1. The summed E-state index contributed by atoms with van der Waals surface area (Å²) in [7, 11) is 4.08. The number of oxazole rings is 1. The maximum absolute atomic E-state index is 5.82. The van der Waals surface area contributed by atoms with Crippen molar-refractivity contribution in [3.05, 3.63) is 18.2 Å². The van der Waals surface area contributed by atoms with Crippen molar-refractivity contribution in [2.24, 2.45) is 0 Å². The van der Waals surface area contributed by atoms with Crippen LogP contribution in [0.4, 0.5) is 11.7 Å². The standard InChI is InChI=1S/C12H18N4O/c1-8(16(2)3)7-14-12-15-11-9(13)5-4-6-10(11)17-12/h4-6,8H,7,13H2,1-3H3,(H,14,15). The van der Waals surface area contributed by atoms with Gasteiger partial charge >= 0.3 is 0 Å². The van der Waals surface area contributed by atoms with E-state index in [-0.39, 0.29) is 0 Å². The summed E-state index contributed by atoms with van der Waals surface area (Å²) in [4.78, 5) is 6.45. The molecule has 17 heavy (non-hydrogen) atoms. The second kappa shape index (κ2) is 4.63. The van der Waals surface area contributed by atoms with Crippen LogP contribution in [0.3, 0.4) is 0 Å². The van der Waals surface area contributed by atoms with E-state index in [0.29, 0.717) is 28.8 Å². The van der Waals surface area contributed by atoms with Crippen molar-refractivity contribution in [1.82, 2.24) is 9.88 Å². The number of likely N-dealkylation sites (N-methyl/N-ethyl adjacent to an activating group) is 1. The van der Waals surface area contributed by atoms with Gasteiger partial charge in [-0.25, -0.2) is 0 Å². The molecule has 1 heterocycles. The number of rotatable bonds is 4. The van der Waals surface area contributed by atoms with Gasteiger partial charge in [-0.1, -0.05) is 6.07 Å². The third-order valence-electron chi connectivity index (χ3n) is 2.88. The van der Waals surface area contributed by atoms with E-state index in [0.717, 1.165) is 6.54 Å². The van der Waals surface area contributed by atoms with E-state index in [1.54, 1.807) is 0 Å². The molecule has 92 valence electrons. The third-order valence-corrected chi connectivity index (χ3v) is 2.88. The minimum atomic E-state index is 0.405. The Hall–Kier alpha value is -1.75. The average molecular weight is 234 g/mol. The van der Waals surface area contributed by atoms with Crippen molar-refractivity contribution in [2.45, 2.75) is 13.0 Å². The van der Waals surface area contributed by atoms with Crippen LogP contribution in [-0.4, -0.2) is 36.6 Å². The molecule has 2 aromatic rings. The Morgan fingerprint density at radius 1 is 1.47 bits per heavy atom. The van der Waals surface area contributed by atoms with Crippen LogP contribution in [0.5, 0.6) is 0 Å². The Bertz CT molecular complexity index is 506. The molecular weight excluding hydrogens is 216 g/mol. The molecule has 5 nitrogen and oxygen atoms in total. The van der Waals surface area contributed by atoms with E-state index >= 15 is 0 Å². The first-order valence-electron chi connectivity index (χ1n) is 5.63. The normalized spacial score (nSPS) is 13.2. The molecule has 0 aliphatic carbocycles. The SMILES string of the molecule is CC(CNc1nc2c(N)cccc2o1)N(C)C. The highest BCUT2D eigenvalue weighted by molar-refractivity contribution is 5.86. The van der Waals surface area contributed by atoms with Crippen LogP contribution in [0.15, 0.2) is 22.6 Å². The minimum Gasteiger partial charge on any atom is -0.423 e. The van der Waals surface area contributed by atoms with Crippen LogP contribution in [0.25, 0.3) is 11.1 Å². The predicted octanol–water partition coefficient (Wildman–Crippen LogP) is 1.77. The molecule has 1 atom stereocenters. The topological polar surface area (TPSA) is 67.3 Å². The van der Waals surface area contributed by atoms with Gasteiger partial charge < -0.3 is 20.4 Å². The number of fused-ring (bicyclic) bond motifs is 1. The lowest BCUT2D eigenvalue weighted by molar-refractivity contribution is 0.324. The van der Waals surface area contributed by atoms with Gasteiger partial charge in [0.25, 0.3) is 6.01 Å². The summed E-state index contributed by atoms with van der Waals surface area (Å²) < 4.78 is 5.56. The van der Waals surface area contributed by atoms with Gasteiger partial charge in [0.1, 0.15) is 5.52 Å². The first kappa shape index (κ1) is 11.7. The third kappa shape index (κ3) is 2.50. The van der Waals surface area contributed by atoms with Crippen molar-refractivity contribution in [2.75, 3.05) is 31.7 Å². The number of nitrogens with two attached hydrogens (primary N) is 1. The van der Waals surface area contributed by atoms with Crippen LogP contribution in [0.2, 0.25) is 0 Å². The number of aromatic nitrogens is 1. The molecule has 2 rings (SSSR count). The molecule has 1 aromatic heterocycles. The first-order valence-corrected chi connectivity index (χ1v) is 5.63. The van der Waals surface area contributed by atoms with E-state index in [1.165, 1.54) is 0 Å². The predicted molar refractivity (Wildman–Crippen MR) is 70.1 cm³/mol. The minimum absolute atomic E-state index is 0.405. The van der Waals surface area contributed by atoms with Crippen molar-refractivity contribution >= 4 is 22.8 Å². The zero-order valence-corrected chi connectivity index (χ0v) is 10.4. The van der Waals surface area contributed by atoms with Gasteiger partial charge in [0.15, 0.2) is 5.58 Å². The van der Waals surface area contributed by atoms with Gasteiger partial charge in [0, 0.05) is 12.6 Å². The molecule has 0 saturated carbocycles. The molecule has 0 spiro atoms. The first-order chi connectivity index (χ1) is 8.08. The van der Waals surface area contributed by atoms with Crippen molar-refractivity contribution < 1.29 is 4.42 Å². The lowest BCUT2D eigenvalue weighted by Crippen LogP contribution is -2.31. The molecule has 0 aliphatic rings. The second-order valence-corrected chi connectivity index (χ2v) is 4.41. The molecule has 0 amide bonds. The molecule has 5 heteroatoms. The number of nitrogen functional groups attached to an aromatic ring is 1. The Morgan fingerprint density at radius 2 is 2.24 bits per heavy atom. The molecule has 0 bridgehead atoms. The summed E-state index contributed by atoms with van der Waals surface area (Å²) in [6, 6.07) is 6.46. The van der Waals surface area contributed by atoms with Crippen molar-refractivity contribution in [3.63, 3.8) is 0 Å². The Morgan fingerprint density at radius 3 is 2.88 bits per heavy atom. The highest BCUT2D eigenvalue weighted by Crippen LogP contribution is 2.23. The van der Waals surface area contributed by atoms with Crippen molar-refractivity contribution in [3.8, 4) is 0 Å². The van der Waals surface area contributed by atoms with Crippen molar-refractivity contribution in [1.29, 1.82) is 0 Å². The summed E-state index contributed by atoms with van der Waals surface area (Å²) in [5.74, 6) is 0. The molecule has 3 N–H and O–H groups in total. The zero-order valence-electron chi connectivity index (χ0n) is 10.4. The van der Waals surface area contributed by atoms with Gasteiger partial charge in [0.05, 0.1) is 5.69 Å². The summed E-state index contributed by atoms with van der Waals surface area (Å²) in [6.07, 6.45) is 0. The molecule has 1 aromatic carbocycles. The lowest BCUT2D eigenvalue weighted by atomic mass is 10.3. The van der Waals surface area contributed by atoms with Gasteiger partial charge in [-0.05, 0) is 33.2 Å². The van der Waals surface area contributed by atoms with Crippen LogP contribution < -0.4 is 11.1 Å². The van der Waals surface area contributed by atoms with E-state index in [4.69, 9.17) is 10.2 Å². The fraction of sp³-hybridized carbons (Fsp3) is 0.417. The summed E-state index contributed by atoms with van der Waals surface area (Å²) >= 11 is 0. The molecule has 1 unspecified atom stereocenters. The zero-order chi connectivity index (χ0) is 12.4. The van der Waals surface area contributed by atoms with Gasteiger partial charge in [0.2, 0.25) is 0 Å². The lowest BCUT2D eigenvalue weighted by Gasteiger charge is -2.19. The largest absolute Gasteiger partial charge is 0.423 e. The Balaban J connectivity index is 2.12.